The van der Waals surface area contributed by atoms with Gasteiger partial charge in [0.2, 0.25) is 0 Å². The normalized spacial score (nSPS) is 17.2. The first-order chi connectivity index (χ1) is 9.68. The number of hydrogen-bond acceptors (Lipinski definition) is 3. The van der Waals surface area contributed by atoms with E-state index in [1.165, 1.54) is 49.8 Å². The van der Waals surface area contributed by atoms with Gasteiger partial charge in [-0.2, -0.15) is 0 Å². The fourth-order valence-corrected chi connectivity index (χ4v) is 3.06. The van der Waals surface area contributed by atoms with Crippen molar-refractivity contribution < 1.29 is 0 Å². The topological polar surface area (TPSA) is 28.2 Å². The van der Waals surface area contributed by atoms with Crippen LogP contribution in [-0.4, -0.2) is 24.1 Å². The molecule has 2 rings (SSSR count). The molecule has 1 fully saturated rings. The summed E-state index contributed by atoms with van der Waals surface area (Å²) in [7, 11) is 2.25. The molecule has 1 aromatic heterocycles. The number of pyridine rings is 1. The van der Waals surface area contributed by atoms with Gasteiger partial charge < -0.3 is 10.2 Å². The molecule has 1 aromatic rings. The highest BCUT2D eigenvalue weighted by molar-refractivity contribution is 5.52. The zero-order chi connectivity index (χ0) is 14.4. The smallest absolute Gasteiger partial charge is 0.0442 e. The average molecular weight is 275 g/mol. The number of nitrogens with zero attached hydrogens (tertiary/aromatic N) is 2. The van der Waals surface area contributed by atoms with E-state index in [4.69, 9.17) is 0 Å². The Balaban J connectivity index is 2.09. The highest BCUT2D eigenvalue weighted by Crippen LogP contribution is 2.27. The van der Waals surface area contributed by atoms with Gasteiger partial charge in [0.05, 0.1) is 0 Å². The van der Waals surface area contributed by atoms with E-state index in [2.05, 4.69) is 42.2 Å². The highest BCUT2D eigenvalue weighted by Gasteiger charge is 2.19. The van der Waals surface area contributed by atoms with Gasteiger partial charge in [-0.3, -0.25) is 4.98 Å². The van der Waals surface area contributed by atoms with Crippen molar-refractivity contribution >= 4 is 5.69 Å². The van der Waals surface area contributed by atoms with Crippen LogP contribution in [0.4, 0.5) is 5.69 Å². The maximum absolute atomic E-state index is 4.30. The van der Waals surface area contributed by atoms with Crippen molar-refractivity contribution in [2.75, 3.05) is 11.9 Å². The number of anilines is 1. The molecule has 1 aliphatic carbocycles. The third-order valence-corrected chi connectivity index (χ3v) is 4.33. The van der Waals surface area contributed by atoms with Crippen molar-refractivity contribution in [3.05, 3.63) is 24.0 Å². The molecule has 0 amide bonds. The molecule has 1 saturated carbocycles. The largest absolute Gasteiger partial charge is 0.371 e. The predicted octanol–water partition coefficient (Wildman–Crippen LogP) is 3.74. The fourth-order valence-electron chi connectivity index (χ4n) is 3.06. The Kier molecular flexibility index (Phi) is 5.84. The van der Waals surface area contributed by atoms with Crippen LogP contribution in [0.25, 0.3) is 0 Å². The zero-order valence-corrected chi connectivity index (χ0v) is 13.2. The maximum Gasteiger partial charge on any atom is 0.0442 e. The van der Waals surface area contributed by atoms with Gasteiger partial charge in [0.15, 0.2) is 0 Å². The molecule has 0 saturated heterocycles. The molecular formula is C17H29N3. The maximum atomic E-state index is 4.30. The van der Waals surface area contributed by atoms with Gasteiger partial charge in [0, 0.05) is 49.3 Å². The lowest BCUT2D eigenvalue weighted by atomic mass is 10.1. The van der Waals surface area contributed by atoms with Crippen LogP contribution >= 0.6 is 0 Å². The molecule has 0 spiro atoms. The summed E-state index contributed by atoms with van der Waals surface area (Å²) < 4.78 is 0. The molecule has 1 N–H and O–H groups in total. The van der Waals surface area contributed by atoms with E-state index in [-0.39, 0.29) is 0 Å². The summed E-state index contributed by atoms with van der Waals surface area (Å²) >= 11 is 0. The van der Waals surface area contributed by atoms with Gasteiger partial charge in [-0.05, 0) is 18.9 Å². The molecular weight excluding hydrogens is 246 g/mol. The Morgan fingerprint density at radius 2 is 1.95 bits per heavy atom. The van der Waals surface area contributed by atoms with Gasteiger partial charge in [-0.1, -0.05) is 39.5 Å². The van der Waals surface area contributed by atoms with E-state index in [1.54, 1.807) is 0 Å². The second kappa shape index (κ2) is 7.63. The predicted molar refractivity (Wildman–Crippen MR) is 86.1 cm³/mol. The van der Waals surface area contributed by atoms with Crippen LogP contribution in [-0.2, 0) is 6.54 Å². The molecule has 1 aliphatic rings. The van der Waals surface area contributed by atoms with Crippen LogP contribution in [0.2, 0.25) is 0 Å². The van der Waals surface area contributed by atoms with Crippen molar-refractivity contribution in [1.29, 1.82) is 0 Å². The highest BCUT2D eigenvalue weighted by atomic mass is 15.1. The quantitative estimate of drug-likeness (QED) is 0.830. The van der Waals surface area contributed by atoms with Crippen LogP contribution in [0.1, 0.15) is 57.9 Å². The lowest BCUT2D eigenvalue weighted by Gasteiger charge is -2.31. The van der Waals surface area contributed by atoms with E-state index in [0.29, 0.717) is 12.1 Å². The summed E-state index contributed by atoms with van der Waals surface area (Å²) in [6.45, 7) is 5.27. The molecule has 0 atom stereocenters. The molecule has 0 radical (unpaired) electrons. The first kappa shape index (κ1) is 15.3. The zero-order valence-electron chi connectivity index (χ0n) is 13.2. The minimum atomic E-state index is 0.506. The van der Waals surface area contributed by atoms with Crippen molar-refractivity contribution in [2.45, 2.75) is 71.0 Å². The second-order valence-corrected chi connectivity index (χ2v) is 6.30. The third kappa shape index (κ3) is 4.20. The van der Waals surface area contributed by atoms with Crippen molar-refractivity contribution in [3.8, 4) is 0 Å². The van der Waals surface area contributed by atoms with Crippen molar-refractivity contribution in [3.63, 3.8) is 0 Å². The van der Waals surface area contributed by atoms with E-state index >= 15 is 0 Å². The Labute approximate surface area is 123 Å². The van der Waals surface area contributed by atoms with Gasteiger partial charge in [0.1, 0.15) is 0 Å². The Hall–Kier alpha value is -1.09. The van der Waals surface area contributed by atoms with Crippen LogP contribution in [0.3, 0.4) is 0 Å². The lowest BCUT2D eigenvalue weighted by Crippen LogP contribution is -2.32. The lowest BCUT2D eigenvalue weighted by molar-refractivity contribution is 0.546. The molecule has 0 aliphatic heterocycles. The second-order valence-electron chi connectivity index (χ2n) is 6.30. The standard InChI is InChI=1S/C17H29N3/c1-14(2)19-13-15-12-18-11-10-17(15)20(3)16-8-6-4-5-7-9-16/h10-12,14,16,19H,4-9,13H2,1-3H3. The first-order valence-corrected chi connectivity index (χ1v) is 8.07. The van der Waals surface area contributed by atoms with Crippen LogP contribution in [0.5, 0.6) is 0 Å². The minimum Gasteiger partial charge on any atom is -0.371 e. The van der Waals surface area contributed by atoms with E-state index in [0.717, 1.165) is 6.54 Å². The summed E-state index contributed by atoms with van der Waals surface area (Å²) in [5.41, 5.74) is 2.66. The monoisotopic (exact) mass is 275 g/mol. The van der Waals surface area contributed by atoms with Crippen LogP contribution in [0, 0.1) is 0 Å². The molecule has 0 unspecified atom stereocenters. The molecule has 112 valence electrons. The number of aromatic nitrogens is 1. The van der Waals surface area contributed by atoms with Crippen molar-refractivity contribution in [1.82, 2.24) is 10.3 Å². The Morgan fingerprint density at radius 1 is 1.25 bits per heavy atom. The summed E-state index contributed by atoms with van der Waals surface area (Å²) in [5.74, 6) is 0. The average Bonchev–Trinajstić information content (AvgIpc) is 2.73. The van der Waals surface area contributed by atoms with E-state index in [9.17, 15) is 0 Å². The van der Waals surface area contributed by atoms with E-state index < -0.39 is 0 Å². The molecule has 0 bridgehead atoms. The molecule has 3 heteroatoms. The molecule has 0 aromatic carbocycles. The SMILES string of the molecule is CC(C)NCc1cnccc1N(C)C1CCCCCC1. The van der Waals surface area contributed by atoms with Gasteiger partial charge in [-0.25, -0.2) is 0 Å². The Morgan fingerprint density at radius 3 is 2.60 bits per heavy atom. The summed E-state index contributed by atoms with van der Waals surface area (Å²) in [5, 5.41) is 3.51. The minimum absolute atomic E-state index is 0.506. The van der Waals surface area contributed by atoms with E-state index in [1.807, 2.05) is 12.4 Å². The summed E-state index contributed by atoms with van der Waals surface area (Å²) in [6, 6.07) is 3.37. The van der Waals surface area contributed by atoms with Crippen LogP contribution < -0.4 is 10.2 Å². The van der Waals surface area contributed by atoms with Gasteiger partial charge in [-0.15, -0.1) is 0 Å². The summed E-state index contributed by atoms with van der Waals surface area (Å²) in [6.07, 6.45) is 12.1. The van der Waals surface area contributed by atoms with Gasteiger partial charge in [0.25, 0.3) is 0 Å². The number of hydrogen-bond donors (Lipinski definition) is 1. The molecule has 1 heterocycles. The Bertz CT molecular complexity index is 395. The third-order valence-electron chi connectivity index (χ3n) is 4.33. The summed E-state index contributed by atoms with van der Waals surface area (Å²) in [4.78, 5) is 6.79. The number of rotatable bonds is 5. The fraction of sp³-hybridized carbons (Fsp3) is 0.706. The number of nitrogens with one attached hydrogen (secondary N) is 1. The first-order valence-electron chi connectivity index (χ1n) is 8.07. The van der Waals surface area contributed by atoms with Crippen molar-refractivity contribution in [2.24, 2.45) is 0 Å². The van der Waals surface area contributed by atoms with Gasteiger partial charge >= 0.3 is 0 Å². The molecule has 20 heavy (non-hydrogen) atoms. The molecule has 3 nitrogen and oxygen atoms in total. The van der Waals surface area contributed by atoms with Crippen LogP contribution in [0.15, 0.2) is 18.5 Å².